The Labute approximate surface area is 234 Å². The van der Waals surface area contributed by atoms with Crippen molar-refractivity contribution < 1.29 is 40.7 Å². The zero-order chi connectivity index (χ0) is 29.1. The van der Waals surface area contributed by atoms with E-state index in [4.69, 9.17) is 4.74 Å². The van der Waals surface area contributed by atoms with Gasteiger partial charge < -0.3 is 20.1 Å². The quantitative estimate of drug-likeness (QED) is 0.369. The molecule has 2 atom stereocenters. The van der Waals surface area contributed by atoms with Crippen LogP contribution in [0, 0.1) is 12.8 Å². The van der Waals surface area contributed by atoms with Gasteiger partial charge in [-0.05, 0) is 62.9 Å². The fraction of sp³-hybridized carbons (Fsp3) is 0.560. The third-order valence-corrected chi connectivity index (χ3v) is 9.60. The molecule has 2 fully saturated rings. The monoisotopic (exact) mass is 604 g/mol. The van der Waals surface area contributed by atoms with Crippen molar-refractivity contribution in [1.82, 2.24) is 15.0 Å². The van der Waals surface area contributed by atoms with Crippen LogP contribution in [-0.4, -0.2) is 63.8 Å². The van der Waals surface area contributed by atoms with E-state index in [9.17, 15) is 31.2 Å². The molecule has 3 N–H and O–H groups in total. The second-order valence-electron chi connectivity index (χ2n) is 9.86. The average molecular weight is 605 g/mol. The number of thiazole rings is 1. The minimum absolute atomic E-state index is 0.0252. The summed E-state index contributed by atoms with van der Waals surface area (Å²) in [4.78, 5) is 28.6. The van der Waals surface area contributed by atoms with Crippen LogP contribution in [0.2, 0.25) is 0 Å². The Bertz CT molecular complexity index is 1340. The van der Waals surface area contributed by atoms with E-state index < -0.39 is 40.9 Å². The number of nitrogens with zero attached hydrogens (tertiary/aromatic N) is 1. The van der Waals surface area contributed by atoms with Gasteiger partial charge in [-0.25, -0.2) is 22.9 Å². The van der Waals surface area contributed by atoms with Gasteiger partial charge in [0, 0.05) is 18.0 Å². The summed E-state index contributed by atoms with van der Waals surface area (Å²) in [5, 5.41) is 6.25. The van der Waals surface area contributed by atoms with Crippen LogP contribution in [0.15, 0.2) is 23.1 Å². The van der Waals surface area contributed by atoms with Crippen LogP contribution in [-0.2, 0) is 24.3 Å². The summed E-state index contributed by atoms with van der Waals surface area (Å²) in [6.45, 7) is 1.54. The number of piperidine rings is 1. The number of sulfonamides is 1. The van der Waals surface area contributed by atoms with Crippen LogP contribution in [0.3, 0.4) is 0 Å². The van der Waals surface area contributed by atoms with Crippen molar-refractivity contribution in [2.75, 3.05) is 25.6 Å². The molecule has 2 aromatic rings. The lowest BCUT2D eigenvalue weighted by Gasteiger charge is -2.30. The van der Waals surface area contributed by atoms with Crippen molar-refractivity contribution in [1.29, 1.82) is 0 Å². The highest BCUT2D eigenvalue weighted by atomic mass is 32.2. The van der Waals surface area contributed by atoms with Crippen molar-refractivity contribution in [3.63, 3.8) is 0 Å². The van der Waals surface area contributed by atoms with Gasteiger partial charge in [0.15, 0.2) is 5.13 Å². The van der Waals surface area contributed by atoms with Crippen LogP contribution in [0.4, 0.5) is 18.3 Å². The average Bonchev–Trinajstić information content (AvgIpc) is 3.56. The summed E-state index contributed by atoms with van der Waals surface area (Å²) in [5.41, 5.74) is 1.20. The van der Waals surface area contributed by atoms with E-state index in [1.807, 2.05) is 0 Å². The topological polar surface area (TPSA) is 136 Å². The lowest BCUT2D eigenvalue weighted by Crippen LogP contribution is -2.49. The Morgan fingerprint density at radius 3 is 2.60 bits per heavy atom. The first kappa shape index (κ1) is 30.2. The summed E-state index contributed by atoms with van der Waals surface area (Å²) in [6.07, 6.45) is -0.844. The van der Waals surface area contributed by atoms with Crippen LogP contribution in [0.5, 0.6) is 5.75 Å². The van der Waals surface area contributed by atoms with Crippen molar-refractivity contribution in [2.45, 2.75) is 68.6 Å². The minimum atomic E-state index is -5.10. The number of anilines is 1. The zero-order valence-electron chi connectivity index (χ0n) is 22.0. The van der Waals surface area contributed by atoms with Crippen molar-refractivity contribution in [2.24, 2.45) is 5.92 Å². The molecule has 2 heterocycles. The molecule has 4 rings (SSSR count). The molecule has 1 aromatic carbocycles. The molecule has 2 aliphatic rings. The van der Waals surface area contributed by atoms with Gasteiger partial charge in [0.05, 0.1) is 17.7 Å². The molecule has 0 spiro atoms. The van der Waals surface area contributed by atoms with Gasteiger partial charge in [0.1, 0.15) is 17.3 Å². The maximum Gasteiger partial charge on any atom is 0.490 e. The first-order valence-electron chi connectivity index (χ1n) is 12.8. The maximum absolute atomic E-state index is 13.4. The maximum atomic E-state index is 13.4. The van der Waals surface area contributed by atoms with Crippen molar-refractivity contribution in [3.05, 3.63) is 23.9 Å². The molecule has 0 radical (unpaired) electrons. The van der Waals surface area contributed by atoms with Crippen LogP contribution >= 0.6 is 11.3 Å². The van der Waals surface area contributed by atoms with Gasteiger partial charge in [0.25, 0.3) is 0 Å². The zero-order valence-corrected chi connectivity index (χ0v) is 23.6. The molecule has 1 amide bonds. The Kier molecular flexibility index (Phi) is 9.37. The smallest absolute Gasteiger partial charge is 0.490 e. The van der Waals surface area contributed by atoms with Gasteiger partial charge in [-0.3, -0.25) is 4.79 Å². The van der Waals surface area contributed by atoms with Gasteiger partial charge in [-0.15, -0.1) is 0 Å². The largest absolute Gasteiger partial charge is 0.495 e. The van der Waals surface area contributed by atoms with Gasteiger partial charge in [0.2, 0.25) is 15.9 Å². The summed E-state index contributed by atoms with van der Waals surface area (Å²) in [6, 6.07) is 3.43. The molecular formula is C25H31F3N4O6S2. The van der Waals surface area contributed by atoms with E-state index in [0.29, 0.717) is 34.2 Å². The summed E-state index contributed by atoms with van der Waals surface area (Å²) in [7, 11) is -2.78. The van der Waals surface area contributed by atoms with E-state index in [1.165, 1.54) is 30.6 Å². The summed E-state index contributed by atoms with van der Waals surface area (Å²) in [5.74, 6) is -2.27. The number of hydrogen-bond donors (Lipinski definition) is 3. The number of hydrogen-bond acceptors (Lipinski definition) is 9. The highest BCUT2D eigenvalue weighted by Crippen LogP contribution is 2.37. The molecule has 15 heteroatoms. The highest BCUT2D eigenvalue weighted by Gasteiger charge is 2.41. The SMILES string of the molecule is COc1ccc(-c2sc(NC(=O)C3CCCC3)nc2C)cc1S(=O)(=O)NC1CCNC(COC(=O)C(F)(F)F)C1. The van der Waals surface area contributed by atoms with Crippen molar-refractivity contribution >= 4 is 38.4 Å². The van der Waals surface area contributed by atoms with E-state index in [0.717, 1.165) is 25.7 Å². The number of carbonyl (C=O) groups excluding carboxylic acids is 2. The Balaban J connectivity index is 1.48. The molecule has 1 aromatic heterocycles. The third-order valence-electron chi connectivity index (χ3n) is 6.93. The number of methoxy groups -OCH3 is 1. The van der Waals surface area contributed by atoms with Crippen LogP contribution < -0.4 is 20.1 Å². The molecule has 1 saturated heterocycles. The first-order chi connectivity index (χ1) is 18.9. The standard InChI is InChI=1S/C25H31F3N4O6S2/c1-14-21(39-24(30-14)31-22(33)15-5-3-4-6-15)16-7-8-19(37-2)20(11-16)40(35,36)32-17-9-10-29-18(12-17)13-38-23(34)25(26,27)28/h7-8,11,15,17-18,29,32H,3-6,9-10,12-13H2,1-2H3,(H,30,31,33). The van der Waals surface area contributed by atoms with Crippen LogP contribution in [0.1, 0.15) is 44.2 Å². The Morgan fingerprint density at radius 2 is 1.93 bits per heavy atom. The van der Waals surface area contributed by atoms with Crippen LogP contribution in [0.25, 0.3) is 10.4 Å². The highest BCUT2D eigenvalue weighted by molar-refractivity contribution is 7.89. The second-order valence-corrected chi connectivity index (χ2v) is 12.5. The third kappa shape index (κ3) is 7.30. The van der Waals surface area contributed by atoms with E-state index in [1.54, 1.807) is 13.0 Å². The molecule has 1 aliphatic carbocycles. The van der Waals surface area contributed by atoms with E-state index in [-0.39, 0.29) is 28.9 Å². The van der Waals surface area contributed by atoms with Gasteiger partial charge >= 0.3 is 12.1 Å². The summed E-state index contributed by atoms with van der Waals surface area (Å²) >= 11 is 1.25. The Morgan fingerprint density at radius 1 is 1.20 bits per heavy atom. The number of aromatic nitrogens is 1. The lowest BCUT2D eigenvalue weighted by molar-refractivity contribution is -0.200. The van der Waals surface area contributed by atoms with Gasteiger partial charge in [-0.1, -0.05) is 24.2 Å². The number of halogens is 3. The molecule has 1 saturated carbocycles. The number of benzene rings is 1. The molecule has 1 aliphatic heterocycles. The number of amides is 1. The first-order valence-corrected chi connectivity index (χ1v) is 15.1. The lowest BCUT2D eigenvalue weighted by atomic mass is 10.0. The summed E-state index contributed by atoms with van der Waals surface area (Å²) < 4.78 is 76.4. The van der Waals surface area contributed by atoms with E-state index >= 15 is 0 Å². The molecular weight excluding hydrogens is 573 g/mol. The number of nitrogens with one attached hydrogen (secondary N) is 3. The number of alkyl halides is 3. The molecule has 220 valence electrons. The van der Waals surface area contributed by atoms with Crippen molar-refractivity contribution in [3.8, 4) is 16.2 Å². The number of ether oxygens (including phenoxy) is 2. The fourth-order valence-corrected chi connectivity index (χ4v) is 7.37. The predicted octanol–water partition coefficient (Wildman–Crippen LogP) is 3.76. The molecule has 10 nitrogen and oxygen atoms in total. The number of carbonyl (C=O) groups is 2. The number of esters is 1. The van der Waals surface area contributed by atoms with Gasteiger partial charge in [-0.2, -0.15) is 13.2 Å². The fourth-order valence-electron chi connectivity index (χ4n) is 4.92. The second kappa shape index (κ2) is 12.4. The molecule has 0 bridgehead atoms. The minimum Gasteiger partial charge on any atom is -0.495 e. The van der Waals surface area contributed by atoms with E-state index in [2.05, 4.69) is 25.1 Å². The number of rotatable bonds is 9. The number of aryl methyl sites for hydroxylation is 1. The predicted molar refractivity (Wildman–Crippen MR) is 142 cm³/mol. The normalized spacial score (nSPS) is 20.3. The molecule has 2 unspecified atom stereocenters. The Hall–Kier alpha value is -2.75. The molecule has 40 heavy (non-hydrogen) atoms.